The number of hydrogen-bond donors (Lipinski definition) is 0. The number of methoxy groups -OCH3 is 1. The van der Waals surface area contributed by atoms with E-state index in [2.05, 4.69) is 20.9 Å². The topological polar surface area (TPSA) is 39.2 Å². The Morgan fingerprint density at radius 2 is 2.67 bits per heavy atom. The molecule has 5 heteroatoms. The molecule has 1 rings (SSSR count). The number of aromatic nitrogens is 1. The van der Waals surface area contributed by atoms with Gasteiger partial charge in [0, 0.05) is 13.3 Å². The summed E-state index contributed by atoms with van der Waals surface area (Å²) in [5, 5.41) is 0.874. The first-order valence-corrected chi connectivity index (χ1v) is 5.05. The minimum atomic E-state index is 0.0844. The van der Waals surface area contributed by atoms with Crippen LogP contribution < -0.4 is 0 Å². The maximum absolute atomic E-state index is 10.3. The Morgan fingerprint density at radius 3 is 3.17 bits per heavy atom. The van der Waals surface area contributed by atoms with Crippen LogP contribution in [0.5, 0.6) is 0 Å². The minimum absolute atomic E-state index is 0.0844. The van der Waals surface area contributed by atoms with Crippen LogP contribution in [0.15, 0.2) is 6.20 Å². The number of nitrogens with zero attached hydrogens (tertiary/aromatic N) is 1. The van der Waals surface area contributed by atoms with Gasteiger partial charge in [-0.15, -0.1) is 11.3 Å². The van der Waals surface area contributed by atoms with Crippen molar-refractivity contribution in [2.75, 3.05) is 13.7 Å². The Hall–Kier alpha value is -0.260. The van der Waals surface area contributed by atoms with Crippen molar-refractivity contribution in [2.24, 2.45) is 0 Å². The van der Waals surface area contributed by atoms with E-state index in [-0.39, 0.29) is 4.83 Å². The number of carbonyl (C=O) groups excluding carboxylic acids is 1. The molecule has 3 nitrogen and oxygen atoms in total. The zero-order valence-electron chi connectivity index (χ0n) is 6.49. The fraction of sp³-hybridized carbons (Fsp3) is 0.429. The Balaban J connectivity index is 2.67. The number of halogens is 1. The van der Waals surface area contributed by atoms with E-state index in [9.17, 15) is 4.79 Å². The molecule has 0 N–H and O–H groups in total. The van der Waals surface area contributed by atoms with Gasteiger partial charge in [0.15, 0.2) is 6.29 Å². The third-order valence-corrected chi connectivity index (χ3v) is 3.28. The average Bonchev–Trinajstić information content (AvgIpc) is 2.52. The van der Waals surface area contributed by atoms with Crippen LogP contribution in [-0.4, -0.2) is 25.0 Å². The van der Waals surface area contributed by atoms with Gasteiger partial charge in [0.1, 0.15) is 5.01 Å². The molecule has 0 bridgehead atoms. The first-order chi connectivity index (χ1) is 5.77. The quantitative estimate of drug-likeness (QED) is 0.606. The predicted octanol–water partition coefficient (Wildman–Crippen LogP) is 2.04. The van der Waals surface area contributed by atoms with E-state index in [1.54, 1.807) is 13.3 Å². The van der Waals surface area contributed by atoms with E-state index in [0.29, 0.717) is 11.5 Å². The van der Waals surface area contributed by atoms with Crippen molar-refractivity contribution in [3.05, 3.63) is 16.1 Å². The van der Waals surface area contributed by atoms with Gasteiger partial charge in [-0.25, -0.2) is 4.98 Å². The second-order valence-corrected chi connectivity index (χ2v) is 4.34. The molecule has 1 heterocycles. The molecule has 1 aromatic heterocycles. The molecule has 12 heavy (non-hydrogen) atoms. The van der Waals surface area contributed by atoms with Crippen LogP contribution in [0.1, 0.15) is 19.5 Å². The van der Waals surface area contributed by atoms with Gasteiger partial charge in [-0.1, -0.05) is 15.9 Å². The maximum atomic E-state index is 10.3. The average molecular weight is 250 g/mol. The predicted molar refractivity (Wildman–Crippen MR) is 51.0 cm³/mol. The summed E-state index contributed by atoms with van der Waals surface area (Å²) in [6.45, 7) is 0.561. The SMILES string of the molecule is COCC(Br)c1ncc(C=O)s1. The molecule has 0 radical (unpaired) electrons. The number of aldehydes is 1. The minimum Gasteiger partial charge on any atom is -0.383 e. The summed E-state index contributed by atoms with van der Waals surface area (Å²) in [6.07, 6.45) is 2.37. The molecule has 0 amide bonds. The van der Waals surface area contributed by atoms with Crippen LogP contribution in [0.2, 0.25) is 0 Å². The number of rotatable bonds is 4. The molecule has 0 aliphatic rings. The van der Waals surface area contributed by atoms with Gasteiger partial charge in [0.2, 0.25) is 0 Å². The molecule has 0 aliphatic heterocycles. The highest BCUT2D eigenvalue weighted by atomic mass is 79.9. The van der Waals surface area contributed by atoms with Crippen LogP contribution in [0.3, 0.4) is 0 Å². The van der Waals surface area contributed by atoms with E-state index < -0.39 is 0 Å². The lowest BCUT2D eigenvalue weighted by Gasteiger charge is -2.02. The maximum Gasteiger partial charge on any atom is 0.161 e. The van der Waals surface area contributed by atoms with E-state index in [4.69, 9.17) is 4.74 Å². The number of hydrogen-bond acceptors (Lipinski definition) is 4. The van der Waals surface area contributed by atoms with Crippen LogP contribution >= 0.6 is 27.3 Å². The third kappa shape index (κ3) is 2.36. The van der Waals surface area contributed by atoms with Crippen LogP contribution in [0.25, 0.3) is 0 Å². The van der Waals surface area contributed by atoms with Crippen molar-refractivity contribution >= 4 is 33.6 Å². The second kappa shape index (κ2) is 4.69. The summed E-state index contributed by atoms with van der Waals surface area (Å²) in [5.74, 6) is 0. The smallest absolute Gasteiger partial charge is 0.161 e. The van der Waals surface area contributed by atoms with Gasteiger partial charge < -0.3 is 4.74 Å². The fourth-order valence-corrected chi connectivity index (χ4v) is 2.08. The van der Waals surface area contributed by atoms with Gasteiger partial charge in [0.25, 0.3) is 0 Å². The van der Waals surface area contributed by atoms with Gasteiger partial charge in [-0.05, 0) is 0 Å². The van der Waals surface area contributed by atoms with E-state index in [0.717, 1.165) is 11.3 Å². The van der Waals surface area contributed by atoms with Crippen molar-refractivity contribution in [1.29, 1.82) is 0 Å². The first kappa shape index (κ1) is 9.83. The van der Waals surface area contributed by atoms with E-state index in [1.165, 1.54) is 11.3 Å². The number of thiazole rings is 1. The molecule has 0 aliphatic carbocycles. The van der Waals surface area contributed by atoms with Crippen molar-refractivity contribution in [2.45, 2.75) is 4.83 Å². The summed E-state index contributed by atoms with van der Waals surface area (Å²) < 4.78 is 4.93. The van der Waals surface area contributed by atoms with Gasteiger partial charge in [-0.3, -0.25) is 4.79 Å². The summed E-state index contributed by atoms with van der Waals surface area (Å²) in [6, 6.07) is 0. The summed E-state index contributed by atoms with van der Waals surface area (Å²) in [7, 11) is 1.63. The van der Waals surface area contributed by atoms with Gasteiger partial charge in [-0.2, -0.15) is 0 Å². The normalized spacial score (nSPS) is 12.8. The highest BCUT2D eigenvalue weighted by Gasteiger charge is 2.11. The van der Waals surface area contributed by atoms with Crippen molar-refractivity contribution in [3.8, 4) is 0 Å². The standard InChI is InChI=1S/C7H8BrNO2S/c1-11-4-6(8)7-9-2-5(3-10)12-7/h2-3,6H,4H2,1H3. The molecular weight excluding hydrogens is 242 g/mol. The largest absolute Gasteiger partial charge is 0.383 e. The zero-order chi connectivity index (χ0) is 8.97. The molecular formula is C7H8BrNO2S. The number of carbonyl (C=O) groups is 1. The Bertz CT molecular complexity index is 264. The highest BCUT2D eigenvalue weighted by Crippen LogP contribution is 2.26. The lowest BCUT2D eigenvalue weighted by Crippen LogP contribution is -1.97. The number of alkyl halides is 1. The molecule has 0 saturated heterocycles. The molecule has 0 saturated carbocycles. The molecule has 1 unspecified atom stereocenters. The van der Waals surface area contributed by atoms with Crippen molar-refractivity contribution in [3.63, 3.8) is 0 Å². The Morgan fingerprint density at radius 1 is 1.92 bits per heavy atom. The molecule has 66 valence electrons. The highest BCUT2D eigenvalue weighted by molar-refractivity contribution is 9.09. The molecule has 0 aromatic carbocycles. The summed E-state index contributed by atoms with van der Waals surface area (Å²) in [5.41, 5.74) is 0. The van der Waals surface area contributed by atoms with Crippen LogP contribution in [0.4, 0.5) is 0 Å². The van der Waals surface area contributed by atoms with Gasteiger partial charge in [0.05, 0.1) is 16.3 Å². The molecule has 1 aromatic rings. The number of ether oxygens (including phenoxy) is 1. The molecule has 0 spiro atoms. The lowest BCUT2D eigenvalue weighted by atomic mass is 10.5. The fourth-order valence-electron chi connectivity index (χ4n) is 0.718. The summed E-state index contributed by atoms with van der Waals surface area (Å²) >= 11 is 4.77. The second-order valence-electron chi connectivity index (χ2n) is 2.14. The summed E-state index contributed by atoms with van der Waals surface area (Å²) in [4.78, 5) is 15.1. The van der Waals surface area contributed by atoms with Crippen molar-refractivity contribution in [1.82, 2.24) is 4.98 Å². The molecule has 0 fully saturated rings. The first-order valence-electron chi connectivity index (χ1n) is 3.32. The zero-order valence-corrected chi connectivity index (χ0v) is 8.89. The molecule has 1 atom stereocenters. The Kier molecular flexibility index (Phi) is 3.84. The monoisotopic (exact) mass is 249 g/mol. The van der Waals surface area contributed by atoms with Crippen molar-refractivity contribution < 1.29 is 9.53 Å². The third-order valence-electron chi connectivity index (χ3n) is 1.24. The van der Waals surface area contributed by atoms with E-state index in [1.807, 2.05) is 0 Å². The lowest BCUT2D eigenvalue weighted by molar-refractivity contribution is 0.112. The van der Waals surface area contributed by atoms with Crippen LogP contribution in [0, 0.1) is 0 Å². The van der Waals surface area contributed by atoms with E-state index >= 15 is 0 Å². The van der Waals surface area contributed by atoms with Gasteiger partial charge >= 0.3 is 0 Å². The van der Waals surface area contributed by atoms with Crippen LogP contribution in [-0.2, 0) is 4.74 Å². The Labute approximate surface area is 82.9 Å².